The van der Waals surface area contributed by atoms with E-state index in [1.54, 1.807) is 24.4 Å². The lowest BCUT2D eigenvalue weighted by molar-refractivity contribution is 0.0950. The fourth-order valence-corrected chi connectivity index (χ4v) is 3.84. The minimum atomic E-state index is -0.239. The molecule has 0 unspecified atom stereocenters. The van der Waals surface area contributed by atoms with Crippen LogP contribution in [0.1, 0.15) is 40.0 Å². The quantitative estimate of drug-likeness (QED) is 0.383. The van der Waals surface area contributed by atoms with E-state index in [2.05, 4.69) is 22.2 Å². The Kier molecular flexibility index (Phi) is 7.00. The van der Waals surface area contributed by atoms with Crippen molar-refractivity contribution in [3.63, 3.8) is 0 Å². The minimum Gasteiger partial charge on any atom is -0.490 e. The van der Waals surface area contributed by atoms with Crippen LogP contribution in [0.3, 0.4) is 0 Å². The van der Waals surface area contributed by atoms with Gasteiger partial charge in [-0.3, -0.25) is 15.2 Å². The monoisotopic (exact) mass is 443 g/mol. The van der Waals surface area contributed by atoms with Crippen LogP contribution in [0.5, 0.6) is 5.75 Å². The second-order valence-corrected chi connectivity index (χ2v) is 8.33. The zero-order valence-electron chi connectivity index (χ0n) is 18.8. The number of hydrogen-bond donors (Lipinski definition) is 3. The van der Waals surface area contributed by atoms with Crippen molar-refractivity contribution in [3.8, 4) is 5.75 Å². The third-order valence-electron chi connectivity index (χ3n) is 5.85. The number of hydrogen-bond acceptors (Lipinski definition) is 6. The molecule has 2 heterocycles. The summed E-state index contributed by atoms with van der Waals surface area (Å²) in [5.41, 5.74) is 9.31. The molecule has 0 saturated carbocycles. The van der Waals surface area contributed by atoms with Gasteiger partial charge in [-0.15, -0.1) is 0 Å². The van der Waals surface area contributed by atoms with E-state index >= 15 is 0 Å². The summed E-state index contributed by atoms with van der Waals surface area (Å²) in [4.78, 5) is 19.1. The minimum absolute atomic E-state index is 0.225. The van der Waals surface area contributed by atoms with Crippen molar-refractivity contribution >= 4 is 17.3 Å². The maximum absolute atomic E-state index is 12.6. The summed E-state index contributed by atoms with van der Waals surface area (Å²) in [5, 5.41) is 11.5. The highest BCUT2D eigenvalue weighted by molar-refractivity contribution is 6.14. The molecule has 1 saturated heterocycles. The highest BCUT2D eigenvalue weighted by atomic mass is 16.5. The maximum atomic E-state index is 12.6. The Balaban J connectivity index is 1.42. The molecule has 0 spiro atoms. The molecule has 1 amide bonds. The predicted octanol–water partition coefficient (Wildman–Crippen LogP) is 3.48. The topological polar surface area (TPSA) is 104 Å². The lowest BCUT2D eigenvalue weighted by Crippen LogP contribution is -2.35. The van der Waals surface area contributed by atoms with Gasteiger partial charge >= 0.3 is 0 Å². The number of rotatable bonds is 7. The third kappa shape index (κ3) is 5.75. The number of ether oxygens (including phenoxy) is 1. The van der Waals surface area contributed by atoms with Gasteiger partial charge in [0.05, 0.1) is 18.0 Å². The Morgan fingerprint density at radius 1 is 1.12 bits per heavy atom. The van der Waals surface area contributed by atoms with Crippen LogP contribution in [0.15, 0.2) is 66.9 Å². The molecule has 0 atom stereocenters. The number of nitrogens with one attached hydrogen (secondary N) is 2. The van der Waals surface area contributed by atoms with Crippen molar-refractivity contribution < 1.29 is 9.53 Å². The van der Waals surface area contributed by atoms with Crippen LogP contribution < -0.4 is 15.8 Å². The smallest absolute Gasteiger partial charge is 0.251 e. The van der Waals surface area contributed by atoms with Crippen molar-refractivity contribution in [2.24, 2.45) is 0 Å². The first-order chi connectivity index (χ1) is 16.0. The molecule has 4 N–H and O–H groups in total. The predicted molar refractivity (Wildman–Crippen MR) is 130 cm³/mol. The molecule has 4 rings (SSSR count). The van der Waals surface area contributed by atoms with Gasteiger partial charge in [0.1, 0.15) is 11.9 Å². The zero-order valence-corrected chi connectivity index (χ0v) is 18.8. The molecule has 1 aliphatic rings. The van der Waals surface area contributed by atoms with Gasteiger partial charge in [0, 0.05) is 41.7 Å². The molecule has 2 aromatic carbocycles. The SMILES string of the molecule is CN1CCC(Oc2ccc(C(=N)c3cc(C(=O)NCc4ccccn4)ccc3N)cc2)CC1. The van der Waals surface area contributed by atoms with E-state index in [0.29, 0.717) is 28.9 Å². The summed E-state index contributed by atoms with van der Waals surface area (Å²) in [6.07, 6.45) is 3.94. The first-order valence-corrected chi connectivity index (χ1v) is 11.1. The summed E-state index contributed by atoms with van der Waals surface area (Å²) in [6, 6.07) is 18.1. The first kappa shape index (κ1) is 22.5. The molecule has 1 aromatic heterocycles. The fourth-order valence-electron chi connectivity index (χ4n) is 3.84. The Labute approximate surface area is 194 Å². The summed E-state index contributed by atoms with van der Waals surface area (Å²) < 4.78 is 6.10. The lowest BCUT2D eigenvalue weighted by atomic mass is 9.98. The highest BCUT2D eigenvalue weighted by Gasteiger charge is 2.18. The number of aromatic nitrogens is 1. The Morgan fingerprint density at radius 2 is 1.85 bits per heavy atom. The summed E-state index contributed by atoms with van der Waals surface area (Å²) in [7, 11) is 2.13. The van der Waals surface area contributed by atoms with Crippen LogP contribution in [0.25, 0.3) is 0 Å². The number of amides is 1. The van der Waals surface area contributed by atoms with Crippen molar-refractivity contribution in [3.05, 3.63) is 89.2 Å². The molecular formula is C26H29N5O2. The number of carbonyl (C=O) groups excluding carboxylic acids is 1. The van der Waals surface area contributed by atoms with Gasteiger partial charge in [-0.2, -0.15) is 0 Å². The number of anilines is 1. The number of nitrogen functional groups attached to an aromatic ring is 1. The van der Waals surface area contributed by atoms with Gasteiger partial charge < -0.3 is 20.7 Å². The fraction of sp³-hybridized carbons (Fsp3) is 0.269. The summed E-state index contributed by atoms with van der Waals surface area (Å²) >= 11 is 0. The Bertz CT molecular complexity index is 1110. The van der Waals surface area contributed by atoms with E-state index in [0.717, 1.165) is 37.4 Å². The normalized spacial score (nSPS) is 14.6. The van der Waals surface area contributed by atoms with Crippen molar-refractivity contribution in [2.75, 3.05) is 25.9 Å². The van der Waals surface area contributed by atoms with Crippen molar-refractivity contribution in [1.29, 1.82) is 5.41 Å². The molecule has 33 heavy (non-hydrogen) atoms. The van der Waals surface area contributed by atoms with E-state index in [-0.39, 0.29) is 17.7 Å². The summed E-state index contributed by atoms with van der Waals surface area (Å²) in [5.74, 6) is 0.563. The van der Waals surface area contributed by atoms with Gasteiger partial charge in [0.2, 0.25) is 0 Å². The number of nitrogens with zero attached hydrogens (tertiary/aromatic N) is 2. The Morgan fingerprint density at radius 3 is 2.55 bits per heavy atom. The van der Waals surface area contributed by atoms with Crippen LogP contribution in [-0.4, -0.2) is 47.7 Å². The molecular weight excluding hydrogens is 414 g/mol. The average Bonchev–Trinajstić information content (AvgIpc) is 2.85. The Hall–Kier alpha value is -3.71. The second kappa shape index (κ2) is 10.3. The van der Waals surface area contributed by atoms with Crippen LogP contribution in [0.4, 0.5) is 5.69 Å². The standard InChI is InChI=1S/C26H29N5O2/c1-31-14-11-22(12-15-31)33-21-8-5-18(6-9-21)25(28)23-16-19(7-10-24(23)27)26(32)30-17-20-4-2-3-13-29-20/h2-10,13,16,22,28H,11-12,14-15,17,27H2,1H3,(H,30,32). The lowest BCUT2D eigenvalue weighted by Gasteiger charge is -2.29. The third-order valence-corrected chi connectivity index (χ3v) is 5.85. The van der Waals surface area contributed by atoms with Gasteiger partial charge in [-0.05, 0) is 74.5 Å². The molecule has 0 bridgehead atoms. The molecule has 0 aliphatic carbocycles. The van der Waals surface area contributed by atoms with E-state index in [9.17, 15) is 4.79 Å². The van der Waals surface area contributed by atoms with E-state index < -0.39 is 0 Å². The molecule has 0 radical (unpaired) electrons. The molecule has 1 aliphatic heterocycles. The number of pyridine rings is 1. The van der Waals surface area contributed by atoms with Gasteiger partial charge in [-0.25, -0.2) is 0 Å². The average molecular weight is 444 g/mol. The molecule has 170 valence electrons. The highest BCUT2D eigenvalue weighted by Crippen LogP contribution is 2.23. The van der Waals surface area contributed by atoms with Crippen molar-refractivity contribution in [1.82, 2.24) is 15.2 Å². The maximum Gasteiger partial charge on any atom is 0.251 e. The number of nitrogens with two attached hydrogens (primary N) is 1. The van der Waals surface area contributed by atoms with E-state index in [1.165, 1.54) is 0 Å². The number of piperidine rings is 1. The summed E-state index contributed by atoms with van der Waals surface area (Å²) in [6.45, 7) is 2.41. The first-order valence-electron chi connectivity index (χ1n) is 11.1. The van der Waals surface area contributed by atoms with E-state index in [4.69, 9.17) is 15.9 Å². The molecule has 7 heteroatoms. The van der Waals surface area contributed by atoms with Crippen LogP contribution in [-0.2, 0) is 6.54 Å². The van der Waals surface area contributed by atoms with Gasteiger partial charge in [0.25, 0.3) is 5.91 Å². The molecule has 1 fully saturated rings. The number of likely N-dealkylation sites (tertiary alicyclic amines) is 1. The van der Waals surface area contributed by atoms with Crippen LogP contribution in [0, 0.1) is 5.41 Å². The van der Waals surface area contributed by atoms with Crippen LogP contribution >= 0.6 is 0 Å². The van der Waals surface area contributed by atoms with Gasteiger partial charge in [0.15, 0.2) is 0 Å². The van der Waals surface area contributed by atoms with Crippen molar-refractivity contribution in [2.45, 2.75) is 25.5 Å². The van der Waals surface area contributed by atoms with Gasteiger partial charge in [-0.1, -0.05) is 6.07 Å². The van der Waals surface area contributed by atoms with E-state index in [1.807, 2.05) is 42.5 Å². The number of benzene rings is 2. The second-order valence-electron chi connectivity index (χ2n) is 8.33. The zero-order chi connectivity index (χ0) is 23.2. The largest absolute Gasteiger partial charge is 0.490 e. The molecule has 3 aromatic rings. The molecule has 7 nitrogen and oxygen atoms in total. The number of carbonyl (C=O) groups is 1. The van der Waals surface area contributed by atoms with Crippen LogP contribution in [0.2, 0.25) is 0 Å².